The summed E-state index contributed by atoms with van der Waals surface area (Å²) in [4.78, 5) is 2.36. The van der Waals surface area contributed by atoms with Gasteiger partial charge in [-0.25, -0.2) is 0 Å². The first kappa shape index (κ1) is 24.8. The predicted octanol–water partition coefficient (Wildman–Crippen LogP) is 9.40. The molecule has 2 unspecified atom stereocenters. The third-order valence-corrected chi connectivity index (χ3v) is 7.81. The highest BCUT2D eigenvalue weighted by atomic mass is 15.1. The summed E-state index contributed by atoms with van der Waals surface area (Å²) < 4.78 is 0. The van der Waals surface area contributed by atoms with E-state index < -0.39 is 0 Å². The number of hydrogen-bond donors (Lipinski definition) is 0. The second kappa shape index (κ2) is 9.59. The molecule has 0 saturated carbocycles. The average Bonchev–Trinajstić information content (AvgIpc) is 2.84. The smallest absolute Gasteiger partial charge is 0.0461 e. The fraction of sp³-hybridized carbons (Fsp3) is 0.375. The summed E-state index contributed by atoms with van der Waals surface area (Å²) >= 11 is 0. The van der Waals surface area contributed by atoms with E-state index in [9.17, 15) is 0 Å². The van der Waals surface area contributed by atoms with Gasteiger partial charge in [0.2, 0.25) is 0 Å². The van der Waals surface area contributed by atoms with E-state index in [0.717, 1.165) is 24.9 Å². The molecular weight excluding hydrogens is 398 g/mol. The van der Waals surface area contributed by atoms with Crippen LogP contribution in [0.25, 0.3) is 0 Å². The molecule has 1 aliphatic rings. The first-order chi connectivity index (χ1) is 15.6. The first-order valence-corrected chi connectivity index (χ1v) is 12.3. The molecule has 174 valence electrons. The molecule has 2 aromatic rings. The molecule has 0 radical (unpaired) electrons. The van der Waals surface area contributed by atoms with Gasteiger partial charge in [-0.2, -0.15) is 0 Å². The van der Waals surface area contributed by atoms with Gasteiger partial charge < -0.3 is 4.90 Å². The Kier molecular flexibility index (Phi) is 7.22. The number of hydrogen-bond acceptors (Lipinski definition) is 1. The van der Waals surface area contributed by atoms with Gasteiger partial charge in [-0.15, -0.1) is 13.2 Å². The lowest BCUT2D eigenvalue weighted by molar-refractivity contribution is 0.506. The molecule has 0 heterocycles. The van der Waals surface area contributed by atoms with Crippen molar-refractivity contribution < 1.29 is 0 Å². The van der Waals surface area contributed by atoms with E-state index in [1.165, 1.54) is 22.5 Å². The van der Waals surface area contributed by atoms with Crippen molar-refractivity contribution in [2.75, 3.05) is 4.90 Å². The van der Waals surface area contributed by atoms with Crippen molar-refractivity contribution in [3.63, 3.8) is 0 Å². The summed E-state index contributed by atoms with van der Waals surface area (Å²) in [5, 5.41) is 0. The van der Waals surface area contributed by atoms with Gasteiger partial charge in [-0.05, 0) is 66.1 Å². The fourth-order valence-electron chi connectivity index (χ4n) is 4.33. The van der Waals surface area contributed by atoms with E-state index in [2.05, 4.69) is 139 Å². The van der Waals surface area contributed by atoms with Gasteiger partial charge in [0, 0.05) is 27.9 Å². The molecule has 1 heteroatoms. The zero-order valence-corrected chi connectivity index (χ0v) is 21.5. The summed E-state index contributed by atoms with van der Waals surface area (Å²) in [6.45, 7) is 21.8. The van der Waals surface area contributed by atoms with Crippen LogP contribution in [0.5, 0.6) is 0 Å². The molecule has 0 aliphatic heterocycles. The van der Waals surface area contributed by atoms with Crippen LogP contribution in [0.2, 0.25) is 0 Å². The minimum Gasteiger partial charge on any atom is -0.311 e. The standard InChI is InChI=1S/C32H41N/c1-9-30(5,6)25-15-19-27(20-16-25)33(29-14-13-23-31(7,10-2)24-29)28-21-17-26(18-22-28)32(8,11-3)12-4/h10-11,13-22,24H,2-3,9,12,23H2,1,4-8H3. The van der Waals surface area contributed by atoms with Gasteiger partial charge in [-0.1, -0.05) is 90.1 Å². The summed E-state index contributed by atoms with van der Waals surface area (Å²) in [7, 11) is 0. The van der Waals surface area contributed by atoms with Crippen LogP contribution >= 0.6 is 0 Å². The molecule has 0 bridgehead atoms. The maximum absolute atomic E-state index is 4.09. The first-order valence-electron chi connectivity index (χ1n) is 12.3. The maximum atomic E-state index is 4.09. The molecule has 1 nitrogen and oxygen atoms in total. The predicted molar refractivity (Wildman–Crippen MR) is 146 cm³/mol. The van der Waals surface area contributed by atoms with Crippen molar-refractivity contribution in [3.8, 4) is 0 Å². The largest absolute Gasteiger partial charge is 0.311 e. The number of allylic oxidation sites excluding steroid dienone is 5. The molecule has 2 atom stereocenters. The lowest BCUT2D eigenvalue weighted by Gasteiger charge is -2.33. The van der Waals surface area contributed by atoms with Crippen LogP contribution in [-0.2, 0) is 10.8 Å². The minimum absolute atomic E-state index is 0.0117. The minimum atomic E-state index is -0.0456. The number of anilines is 2. The quantitative estimate of drug-likeness (QED) is 0.352. The Hall–Kier alpha value is -2.80. The molecule has 3 rings (SSSR count). The molecule has 2 aromatic carbocycles. The molecule has 0 saturated heterocycles. The maximum Gasteiger partial charge on any atom is 0.0461 e. The molecular formula is C32H41N. The molecule has 0 N–H and O–H groups in total. The third-order valence-electron chi connectivity index (χ3n) is 7.81. The molecule has 1 aliphatic carbocycles. The van der Waals surface area contributed by atoms with Crippen molar-refractivity contribution in [2.45, 2.75) is 71.6 Å². The van der Waals surface area contributed by atoms with Crippen LogP contribution in [0.15, 0.2) is 97.8 Å². The van der Waals surface area contributed by atoms with Gasteiger partial charge in [0.05, 0.1) is 0 Å². The lowest BCUT2D eigenvalue weighted by Crippen LogP contribution is -2.22. The van der Waals surface area contributed by atoms with Crippen LogP contribution in [0, 0.1) is 5.41 Å². The second-order valence-electron chi connectivity index (χ2n) is 10.5. The summed E-state index contributed by atoms with van der Waals surface area (Å²) in [6.07, 6.45) is 14.1. The number of rotatable bonds is 9. The molecule has 0 fully saturated rings. The summed E-state index contributed by atoms with van der Waals surface area (Å²) in [5.74, 6) is 0. The zero-order chi connectivity index (χ0) is 24.3. The van der Waals surface area contributed by atoms with Crippen LogP contribution in [-0.4, -0.2) is 0 Å². The van der Waals surface area contributed by atoms with Crippen molar-refractivity contribution in [3.05, 3.63) is 109 Å². The highest BCUT2D eigenvalue weighted by Gasteiger charge is 2.25. The van der Waals surface area contributed by atoms with Crippen molar-refractivity contribution >= 4 is 11.4 Å². The third kappa shape index (κ3) is 5.08. The highest BCUT2D eigenvalue weighted by Crippen LogP contribution is 2.39. The second-order valence-corrected chi connectivity index (χ2v) is 10.5. The van der Waals surface area contributed by atoms with Gasteiger partial charge in [-0.3, -0.25) is 0 Å². The van der Waals surface area contributed by atoms with Gasteiger partial charge in [0.15, 0.2) is 0 Å². The van der Waals surface area contributed by atoms with Crippen molar-refractivity contribution in [2.24, 2.45) is 5.41 Å². The zero-order valence-electron chi connectivity index (χ0n) is 21.5. The van der Waals surface area contributed by atoms with E-state index in [0.29, 0.717) is 0 Å². The van der Waals surface area contributed by atoms with Crippen LogP contribution in [0.1, 0.15) is 71.9 Å². The highest BCUT2D eigenvalue weighted by molar-refractivity contribution is 5.71. The van der Waals surface area contributed by atoms with E-state index >= 15 is 0 Å². The monoisotopic (exact) mass is 439 g/mol. The van der Waals surface area contributed by atoms with E-state index in [1.807, 2.05) is 0 Å². The average molecular weight is 440 g/mol. The Bertz CT molecular complexity index is 1030. The Morgan fingerprint density at radius 3 is 1.88 bits per heavy atom. The molecule has 0 aromatic heterocycles. The SMILES string of the molecule is C=CC1(C)C=C(N(c2ccc(C(C)(C)CC)cc2)c2ccc(C(C)(C=C)CC)cc2)C=CC1. The number of benzene rings is 2. The normalized spacial score (nSPS) is 20.0. The van der Waals surface area contributed by atoms with Gasteiger partial charge in [0.1, 0.15) is 0 Å². The van der Waals surface area contributed by atoms with Crippen molar-refractivity contribution in [1.29, 1.82) is 0 Å². The van der Waals surface area contributed by atoms with Gasteiger partial charge in [0.25, 0.3) is 0 Å². The Morgan fingerprint density at radius 2 is 1.42 bits per heavy atom. The van der Waals surface area contributed by atoms with Crippen LogP contribution < -0.4 is 4.90 Å². The van der Waals surface area contributed by atoms with E-state index in [4.69, 9.17) is 0 Å². The van der Waals surface area contributed by atoms with E-state index in [-0.39, 0.29) is 16.2 Å². The number of nitrogens with zero attached hydrogens (tertiary/aromatic N) is 1. The topological polar surface area (TPSA) is 3.24 Å². The Morgan fingerprint density at radius 1 is 0.879 bits per heavy atom. The van der Waals surface area contributed by atoms with Gasteiger partial charge >= 0.3 is 0 Å². The Balaban J connectivity index is 2.10. The molecule has 0 amide bonds. The van der Waals surface area contributed by atoms with E-state index in [1.54, 1.807) is 0 Å². The summed E-state index contributed by atoms with van der Waals surface area (Å²) in [5.41, 5.74) is 6.30. The van der Waals surface area contributed by atoms with Crippen LogP contribution in [0.4, 0.5) is 11.4 Å². The molecule has 33 heavy (non-hydrogen) atoms. The lowest BCUT2D eigenvalue weighted by atomic mass is 9.80. The van der Waals surface area contributed by atoms with Crippen LogP contribution in [0.3, 0.4) is 0 Å². The molecule has 0 spiro atoms. The fourth-order valence-corrected chi connectivity index (χ4v) is 4.33. The van der Waals surface area contributed by atoms with Crippen molar-refractivity contribution in [1.82, 2.24) is 0 Å². The Labute approximate surface area is 202 Å². The summed E-state index contributed by atoms with van der Waals surface area (Å²) in [6, 6.07) is 18.1.